The van der Waals surface area contributed by atoms with Crippen molar-refractivity contribution >= 4 is 0 Å². The number of hydrogen-bond donors (Lipinski definition) is 1. The molecule has 2 aromatic rings. The molecule has 1 atom stereocenters. The number of likely N-dealkylation sites (tertiary alicyclic amines) is 1. The first-order chi connectivity index (χ1) is 11.8. The quantitative estimate of drug-likeness (QED) is 0.847. The number of hydrogen-bond acceptors (Lipinski definition) is 4. The van der Waals surface area contributed by atoms with Gasteiger partial charge in [0.25, 0.3) is 0 Å². The zero-order chi connectivity index (χ0) is 16.6. The van der Waals surface area contributed by atoms with E-state index >= 15 is 0 Å². The van der Waals surface area contributed by atoms with Gasteiger partial charge in [-0.2, -0.15) is 0 Å². The molecule has 1 aromatic heterocycles. The second-order valence-corrected chi connectivity index (χ2v) is 6.39. The molecule has 0 unspecified atom stereocenters. The van der Waals surface area contributed by atoms with Crippen LogP contribution < -0.4 is 4.74 Å². The van der Waals surface area contributed by atoms with Crippen LogP contribution in [0.1, 0.15) is 36.9 Å². The second-order valence-electron chi connectivity index (χ2n) is 6.39. The van der Waals surface area contributed by atoms with Crippen molar-refractivity contribution in [3.63, 3.8) is 0 Å². The second kappa shape index (κ2) is 8.81. The number of pyridine rings is 1. The maximum atomic E-state index is 9.24. The van der Waals surface area contributed by atoms with E-state index in [0.717, 1.165) is 31.0 Å². The third-order valence-corrected chi connectivity index (χ3v) is 4.63. The average Bonchev–Trinajstić information content (AvgIpc) is 2.64. The maximum Gasteiger partial charge on any atom is 0.130 e. The van der Waals surface area contributed by atoms with Crippen molar-refractivity contribution in [3.05, 3.63) is 59.9 Å². The van der Waals surface area contributed by atoms with Gasteiger partial charge in [0, 0.05) is 25.4 Å². The molecule has 1 saturated heterocycles. The molecule has 0 radical (unpaired) electrons. The molecule has 2 heterocycles. The van der Waals surface area contributed by atoms with Gasteiger partial charge in [0.1, 0.15) is 12.4 Å². The van der Waals surface area contributed by atoms with E-state index in [9.17, 15) is 5.11 Å². The highest BCUT2D eigenvalue weighted by molar-refractivity contribution is 5.27. The Morgan fingerprint density at radius 2 is 2.00 bits per heavy atom. The fourth-order valence-electron chi connectivity index (χ4n) is 3.31. The lowest BCUT2D eigenvalue weighted by Crippen LogP contribution is -2.39. The minimum atomic E-state index is 0.279. The topological polar surface area (TPSA) is 45.6 Å². The van der Waals surface area contributed by atoms with Gasteiger partial charge in [0.2, 0.25) is 0 Å². The number of rotatable bonds is 7. The molecule has 24 heavy (non-hydrogen) atoms. The summed E-state index contributed by atoms with van der Waals surface area (Å²) in [6.07, 6.45) is 6.40. The molecular weight excluding hydrogens is 300 g/mol. The number of ether oxygens (including phenoxy) is 1. The number of piperidine rings is 1. The van der Waals surface area contributed by atoms with E-state index in [0.29, 0.717) is 12.6 Å². The lowest BCUT2D eigenvalue weighted by Gasteiger charge is -2.35. The summed E-state index contributed by atoms with van der Waals surface area (Å²) in [5.74, 6) is 0.870. The standard InChI is InChI=1S/C20H26N2O2/c23-14-11-19-6-2-4-13-22(19)15-17-7-9-20(10-8-17)24-16-18-5-1-3-12-21-18/h1,3,5,7-10,12,19,23H,2,4,6,11,13-16H2/t19-/m0/s1. The molecule has 0 saturated carbocycles. The molecule has 1 aliphatic heterocycles. The third kappa shape index (κ3) is 4.79. The Kier molecular flexibility index (Phi) is 6.21. The lowest BCUT2D eigenvalue weighted by molar-refractivity contribution is 0.112. The highest BCUT2D eigenvalue weighted by Crippen LogP contribution is 2.22. The zero-order valence-corrected chi connectivity index (χ0v) is 14.1. The minimum absolute atomic E-state index is 0.279. The summed E-state index contributed by atoms with van der Waals surface area (Å²) >= 11 is 0. The zero-order valence-electron chi connectivity index (χ0n) is 14.1. The summed E-state index contributed by atoms with van der Waals surface area (Å²) in [5, 5.41) is 9.24. The summed E-state index contributed by atoms with van der Waals surface area (Å²) in [6, 6.07) is 14.7. The van der Waals surface area contributed by atoms with E-state index in [1.165, 1.54) is 24.8 Å². The summed E-state index contributed by atoms with van der Waals surface area (Å²) in [5.41, 5.74) is 2.23. The fourth-order valence-corrected chi connectivity index (χ4v) is 3.31. The Hall–Kier alpha value is -1.91. The third-order valence-electron chi connectivity index (χ3n) is 4.63. The monoisotopic (exact) mass is 326 g/mol. The van der Waals surface area contributed by atoms with Crippen molar-refractivity contribution in [3.8, 4) is 5.75 Å². The van der Waals surface area contributed by atoms with Gasteiger partial charge in [-0.3, -0.25) is 9.88 Å². The van der Waals surface area contributed by atoms with E-state index in [2.05, 4.69) is 22.0 Å². The first-order valence-electron chi connectivity index (χ1n) is 8.82. The average molecular weight is 326 g/mol. The molecule has 1 aromatic carbocycles. The molecule has 4 heteroatoms. The number of aliphatic hydroxyl groups excluding tert-OH is 1. The van der Waals surface area contributed by atoms with Gasteiger partial charge < -0.3 is 9.84 Å². The first-order valence-corrected chi connectivity index (χ1v) is 8.82. The Labute approximate surface area is 144 Å². The molecule has 1 aliphatic rings. The van der Waals surface area contributed by atoms with E-state index in [1.54, 1.807) is 6.20 Å². The van der Waals surface area contributed by atoms with Gasteiger partial charge >= 0.3 is 0 Å². The van der Waals surface area contributed by atoms with Crippen LogP contribution in [0, 0.1) is 0 Å². The molecule has 0 amide bonds. The van der Waals surface area contributed by atoms with Gasteiger partial charge in [-0.25, -0.2) is 0 Å². The van der Waals surface area contributed by atoms with Gasteiger partial charge in [0.05, 0.1) is 5.69 Å². The van der Waals surface area contributed by atoms with Crippen LogP contribution in [0.25, 0.3) is 0 Å². The van der Waals surface area contributed by atoms with E-state index < -0.39 is 0 Å². The Balaban J connectivity index is 1.54. The van der Waals surface area contributed by atoms with Crippen LogP contribution in [0.15, 0.2) is 48.7 Å². The maximum absolute atomic E-state index is 9.24. The SMILES string of the molecule is OCC[C@@H]1CCCCN1Cc1ccc(OCc2ccccn2)cc1. The molecular formula is C20H26N2O2. The van der Waals surface area contributed by atoms with Crippen molar-refractivity contribution < 1.29 is 9.84 Å². The Bertz CT molecular complexity index is 599. The number of aliphatic hydroxyl groups is 1. The van der Waals surface area contributed by atoms with E-state index in [1.807, 2.05) is 30.3 Å². The molecule has 3 rings (SSSR count). The molecule has 0 spiro atoms. The van der Waals surface area contributed by atoms with Crippen LogP contribution in [0.3, 0.4) is 0 Å². The number of benzene rings is 1. The van der Waals surface area contributed by atoms with Crippen molar-refractivity contribution in [2.75, 3.05) is 13.2 Å². The smallest absolute Gasteiger partial charge is 0.130 e. The van der Waals surface area contributed by atoms with Gasteiger partial charge in [-0.15, -0.1) is 0 Å². The van der Waals surface area contributed by atoms with E-state index in [4.69, 9.17) is 4.74 Å². The Morgan fingerprint density at radius 3 is 2.75 bits per heavy atom. The van der Waals surface area contributed by atoms with Crippen LogP contribution in [-0.2, 0) is 13.2 Å². The predicted molar refractivity (Wildman–Crippen MR) is 94.8 cm³/mol. The first kappa shape index (κ1) is 16.9. The van der Waals surface area contributed by atoms with E-state index in [-0.39, 0.29) is 6.61 Å². The van der Waals surface area contributed by atoms with Crippen LogP contribution in [0.5, 0.6) is 5.75 Å². The predicted octanol–water partition coefficient (Wildman–Crippen LogP) is 3.40. The summed E-state index contributed by atoms with van der Waals surface area (Å²) in [7, 11) is 0. The largest absolute Gasteiger partial charge is 0.487 e. The number of aromatic nitrogens is 1. The van der Waals surface area contributed by atoms with Crippen LogP contribution >= 0.6 is 0 Å². The normalized spacial score (nSPS) is 18.5. The summed E-state index contributed by atoms with van der Waals surface area (Å²) in [6.45, 7) is 2.85. The van der Waals surface area contributed by atoms with Crippen LogP contribution in [-0.4, -0.2) is 34.2 Å². The molecule has 128 valence electrons. The fraction of sp³-hybridized carbons (Fsp3) is 0.450. The molecule has 0 aliphatic carbocycles. The summed E-state index contributed by atoms with van der Waals surface area (Å²) < 4.78 is 5.79. The molecule has 0 bridgehead atoms. The Morgan fingerprint density at radius 1 is 1.12 bits per heavy atom. The van der Waals surface area contributed by atoms with Crippen LogP contribution in [0.2, 0.25) is 0 Å². The summed E-state index contributed by atoms with van der Waals surface area (Å²) in [4.78, 5) is 6.77. The molecule has 1 fully saturated rings. The van der Waals surface area contributed by atoms with Crippen molar-refractivity contribution in [2.24, 2.45) is 0 Å². The van der Waals surface area contributed by atoms with Gasteiger partial charge in [-0.1, -0.05) is 24.6 Å². The minimum Gasteiger partial charge on any atom is -0.487 e. The van der Waals surface area contributed by atoms with Gasteiger partial charge in [0.15, 0.2) is 0 Å². The molecule has 4 nitrogen and oxygen atoms in total. The van der Waals surface area contributed by atoms with Crippen molar-refractivity contribution in [1.29, 1.82) is 0 Å². The van der Waals surface area contributed by atoms with Crippen molar-refractivity contribution in [1.82, 2.24) is 9.88 Å². The number of nitrogens with zero attached hydrogens (tertiary/aromatic N) is 2. The highest BCUT2D eigenvalue weighted by Gasteiger charge is 2.21. The van der Waals surface area contributed by atoms with Gasteiger partial charge in [-0.05, 0) is 55.6 Å². The molecule has 1 N–H and O–H groups in total. The van der Waals surface area contributed by atoms with Crippen LogP contribution in [0.4, 0.5) is 0 Å². The lowest BCUT2D eigenvalue weighted by atomic mass is 9.99. The highest BCUT2D eigenvalue weighted by atomic mass is 16.5. The van der Waals surface area contributed by atoms with Crippen molar-refractivity contribution in [2.45, 2.75) is 44.9 Å².